The fourth-order valence-corrected chi connectivity index (χ4v) is 2.78. The third-order valence-electron chi connectivity index (χ3n) is 4.31. The highest BCUT2D eigenvalue weighted by Crippen LogP contribution is 2.08. The first-order valence-corrected chi connectivity index (χ1v) is 9.87. The van der Waals surface area contributed by atoms with E-state index in [1.165, 1.54) is 0 Å². The Morgan fingerprint density at radius 3 is 2.45 bits per heavy atom. The molecule has 0 saturated carbocycles. The van der Waals surface area contributed by atoms with Gasteiger partial charge in [-0.25, -0.2) is 4.98 Å². The third kappa shape index (κ3) is 9.33. The Morgan fingerprint density at radius 2 is 1.77 bits per heavy atom. The Bertz CT molecular complexity index is 901. The summed E-state index contributed by atoms with van der Waals surface area (Å²) in [4.78, 5) is 34.1. The molecule has 168 valence electrons. The number of nitrogens with one attached hydrogen (secondary N) is 3. The highest BCUT2D eigenvalue weighted by molar-refractivity contribution is 14.0. The summed E-state index contributed by atoms with van der Waals surface area (Å²) in [6.07, 6.45) is 1.04. The number of carbonyl (C=O) groups excluding carboxylic acids is 2. The van der Waals surface area contributed by atoms with Crippen molar-refractivity contribution in [2.45, 2.75) is 19.8 Å². The van der Waals surface area contributed by atoms with Crippen LogP contribution in [0.5, 0.6) is 0 Å². The second kappa shape index (κ2) is 13.6. The van der Waals surface area contributed by atoms with E-state index in [0.29, 0.717) is 36.9 Å². The number of carbonyl (C=O) groups is 2. The second-order valence-electron chi connectivity index (χ2n) is 7.04. The number of nitrogens with zero attached hydrogens (tertiary/aromatic N) is 3. The van der Waals surface area contributed by atoms with Crippen LogP contribution in [-0.4, -0.2) is 61.9 Å². The molecule has 0 radical (unpaired) electrons. The molecule has 2 rings (SSSR count). The first-order valence-electron chi connectivity index (χ1n) is 9.87. The van der Waals surface area contributed by atoms with E-state index in [1.54, 1.807) is 32.1 Å². The van der Waals surface area contributed by atoms with Gasteiger partial charge in [0.2, 0.25) is 5.91 Å². The lowest BCUT2D eigenvalue weighted by atomic mass is 10.1. The second-order valence-corrected chi connectivity index (χ2v) is 7.04. The van der Waals surface area contributed by atoms with E-state index in [4.69, 9.17) is 0 Å². The summed E-state index contributed by atoms with van der Waals surface area (Å²) in [6.45, 7) is 2.98. The molecule has 0 unspecified atom stereocenters. The van der Waals surface area contributed by atoms with Gasteiger partial charge in [0.15, 0.2) is 5.96 Å². The molecule has 1 aromatic heterocycles. The van der Waals surface area contributed by atoms with Gasteiger partial charge in [0.1, 0.15) is 5.82 Å². The smallest absolute Gasteiger partial charge is 0.253 e. The minimum Gasteiger partial charge on any atom is -0.356 e. The average Bonchev–Trinajstić information content (AvgIpc) is 2.72. The number of amides is 2. The molecular formula is C22H31IN6O2. The van der Waals surface area contributed by atoms with Crippen LogP contribution >= 0.6 is 24.0 Å². The van der Waals surface area contributed by atoms with E-state index < -0.39 is 0 Å². The molecule has 0 atom stereocenters. The summed E-state index contributed by atoms with van der Waals surface area (Å²) >= 11 is 0. The lowest BCUT2D eigenvalue weighted by Gasteiger charge is -2.13. The highest BCUT2D eigenvalue weighted by atomic mass is 127. The summed E-state index contributed by atoms with van der Waals surface area (Å²) in [5.41, 5.74) is 2.59. The number of aromatic nitrogens is 1. The zero-order valence-corrected chi connectivity index (χ0v) is 20.8. The first-order chi connectivity index (χ1) is 14.4. The van der Waals surface area contributed by atoms with Crippen LogP contribution in [0.25, 0.3) is 0 Å². The highest BCUT2D eigenvalue weighted by Gasteiger charge is 2.08. The minimum atomic E-state index is -0.113. The zero-order valence-electron chi connectivity index (χ0n) is 18.4. The number of halogens is 1. The van der Waals surface area contributed by atoms with Crippen molar-refractivity contribution in [1.29, 1.82) is 0 Å². The first kappa shape index (κ1) is 26.3. The van der Waals surface area contributed by atoms with Crippen LogP contribution < -0.4 is 16.0 Å². The Morgan fingerprint density at radius 1 is 1.06 bits per heavy atom. The van der Waals surface area contributed by atoms with Crippen molar-refractivity contribution < 1.29 is 9.59 Å². The molecule has 31 heavy (non-hydrogen) atoms. The number of hydrogen-bond donors (Lipinski definition) is 3. The number of pyridine rings is 1. The molecule has 1 heterocycles. The molecule has 1 aromatic carbocycles. The van der Waals surface area contributed by atoms with Crippen molar-refractivity contribution in [3.63, 3.8) is 0 Å². The van der Waals surface area contributed by atoms with Crippen molar-refractivity contribution in [2.75, 3.05) is 39.5 Å². The number of anilines is 1. The summed E-state index contributed by atoms with van der Waals surface area (Å²) in [6, 6.07) is 13.1. The van der Waals surface area contributed by atoms with Gasteiger partial charge in [-0.1, -0.05) is 18.2 Å². The van der Waals surface area contributed by atoms with Crippen molar-refractivity contribution >= 4 is 47.6 Å². The molecule has 0 spiro atoms. The van der Waals surface area contributed by atoms with E-state index in [-0.39, 0.29) is 35.8 Å². The summed E-state index contributed by atoms with van der Waals surface area (Å²) in [5.74, 6) is 1.05. The van der Waals surface area contributed by atoms with Gasteiger partial charge >= 0.3 is 0 Å². The van der Waals surface area contributed by atoms with Crippen molar-refractivity contribution in [1.82, 2.24) is 20.5 Å². The standard InChI is InChI=1S/C22H30N6O2.HI/c1-16-7-5-10-19(26-16)27-20(29)12-14-25-22(23-2)24-13-11-17-8-6-9-18(15-17)21(30)28(3)4;/h5-10,15H,11-14H2,1-4H3,(H2,23,24,25)(H,26,27,29);1H. The molecule has 2 aromatic rings. The monoisotopic (exact) mass is 538 g/mol. The molecule has 0 saturated heterocycles. The van der Waals surface area contributed by atoms with E-state index in [9.17, 15) is 9.59 Å². The van der Waals surface area contributed by atoms with Gasteiger partial charge in [0, 0.05) is 51.9 Å². The lowest BCUT2D eigenvalue weighted by molar-refractivity contribution is -0.116. The Hall–Kier alpha value is -2.69. The lowest BCUT2D eigenvalue weighted by Crippen LogP contribution is -2.39. The molecule has 0 fully saturated rings. The molecule has 2 amide bonds. The van der Waals surface area contributed by atoms with Crippen molar-refractivity contribution in [3.05, 3.63) is 59.3 Å². The van der Waals surface area contributed by atoms with Gasteiger partial charge in [0.05, 0.1) is 0 Å². The minimum absolute atomic E-state index is 0. The zero-order chi connectivity index (χ0) is 21.9. The normalized spacial score (nSPS) is 10.6. The van der Waals surface area contributed by atoms with Crippen molar-refractivity contribution in [2.24, 2.45) is 4.99 Å². The molecule has 8 nitrogen and oxygen atoms in total. The van der Waals surface area contributed by atoms with Crippen LogP contribution in [0.4, 0.5) is 5.82 Å². The van der Waals surface area contributed by atoms with Gasteiger partial charge in [-0.15, -0.1) is 24.0 Å². The maximum absolute atomic E-state index is 12.1. The quantitative estimate of drug-likeness (QED) is 0.273. The van der Waals surface area contributed by atoms with Crippen molar-refractivity contribution in [3.8, 4) is 0 Å². The number of hydrogen-bond acceptors (Lipinski definition) is 4. The Balaban J connectivity index is 0.00000480. The SMILES string of the molecule is CN=C(NCCC(=O)Nc1cccc(C)n1)NCCc1cccc(C(=O)N(C)C)c1.I. The Kier molecular flexibility index (Phi) is 11.5. The molecule has 0 bridgehead atoms. The molecule has 3 N–H and O–H groups in total. The van der Waals surface area contributed by atoms with Crippen LogP contribution in [0.3, 0.4) is 0 Å². The van der Waals surface area contributed by atoms with Crippen LogP contribution in [0, 0.1) is 6.92 Å². The van der Waals surface area contributed by atoms with Crippen LogP contribution in [0.15, 0.2) is 47.5 Å². The third-order valence-corrected chi connectivity index (χ3v) is 4.31. The topological polar surface area (TPSA) is 98.7 Å². The molecule has 0 aliphatic rings. The largest absolute Gasteiger partial charge is 0.356 e. The van der Waals surface area contributed by atoms with Gasteiger partial charge in [-0.2, -0.15) is 0 Å². The van der Waals surface area contributed by atoms with Gasteiger partial charge in [0.25, 0.3) is 5.91 Å². The summed E-state index contributed by atoms with van der Waals surface area (Å²) in [7, 11) is 5.16. The van der Waals surface area contributed by atoms with E-state index in [2.05, 4.69) is 25.9 Å². The molecule has 0 aliphatic heterocycles. The predicted octanol–water partition coefficient (Wildman–Crippen LogP) is 2.45. The number of rotatable bonds is 8. The maximum atomic E-state index is 12.1. The number of aryl methyl sites for hydroxylation is 1. The Labute approximate surface area is 200 Å². The molecule has 9 heteroatoms. The molecular weight excluding hydrogens is 507 g/mol. The van der Waals surface area contributed by atoms with Crippen LogP contribution in [0.2, 0.25) is 0 Å². The van der Waals surface area contributed by atoms with E-state index in [0.717, 1.165) is 17.7 Å². The number of guanidine groups is 1. The van der Waals surface area contributed by atoms with Crippen LogP contribution in [0.1, 0.15) is 28.0 Å². The fraction of sp³-hybridized carbons (Fsp3) is 0.364. The number of benzene rings is 1. The van der Waals surface area contributed by atoms with Gasteiger partial charge in [-0.05, 0) is 43.2 Å². The summed E-state index contributed by atoms with van der Waals surface area (Å²) < 4.78 is 0. The van der Waals surface area contributed by atoms with Gasteiger partial charge < -0.3 is 20.9 Å². The van der Waals surface area contributed by atoms with E-state index >= 15 is 0 Å². The predicted molar refractivity (Wildman–Crippen MR) is 135 cm³/mol. The average molecular weight is 538 g/mol. The maximum Gasteiger partial charge on any atom is 0.253 e. The van der Waals surface area contributed by atoms with Gasteiger partial charge in [-0.3, -0.25) is 14.6 Å². The van der Waals surface area contributed by atoms with E-state index in [1.807, 2.05) is 43.3 Å². The number of aliphatic imine (C=N–C) groups is 1. The summed E-state index contributed by atoms with van der Waals surface area (Å²) in [5, 5.41) is 9.13. The van der Waals surface area contributed by atoms with Crippen LogP contribution in [-0.2, 0) is 11.2 Å². The molecule has 0 aliphatic carbocycles. The fourth-order valence-electron chi connectivity index (χ4n) is 2.78.